The lowest BCUT2D eigenvalue weighted by Crippen LogP contribution is -2.30. The van der Waals surface area contributed by atoms with Gasteiger partial charge in [0.05, 0.1) is 18.1 Å². The van der Waals surface area contributed by atoms with Crippen molar-refractivity contribution in [2.24, 2.45) is 35.5 Å². The van der Waals surface area contributed by atoms with Crippen molar-refractivity contribution in [1.29, 1.82) is 0 Å². The van der Waals surface area contributed by atoms with Crippen molar-refractivity contribution in [3.05, 3.63) is 29.8 Å². The highest BCUT2D eigenvalue weighted by molar-refractivity contribution is 7.85. The summed E-state index contributed by atoms with van der Waals surface area (Å²) in [5, 5.41) is 0. The van der Waals surface area contributed by atoms with E-state index < -0.39 is 10.1 Å². The number of benzene rings is 1. The monoisotopic (exact) mass is 436 g/mol. The summed E-state index contributed by atoms with van der Waals surface area (Å²) >= 11 is 0. The molecule has 0 aromatic heterocycles. The van der Waals surface area contributed by atoms with Crippen LogP contribution in [0.15, 0.2) is 29.2 Å². The third kappa shape index (κ3) is 4.22. The molecule has 7 heteroatoms. The molecular formula is C23H32O6S. The minimum Gasteiger partial charge on any atom is -0.347 e. The Morgan fingerprint density at radius 2 is 1.63 bits per heavy atom. The highest BCUT2D eigenvalue weighted by Crippen LogP contribution is 2.64. The maximum absolute atomic E-state index is 10.8. The fraction of sp³-hybridized carbons (Fsp3) is 0.696. The van der Waals surface area contributed by atoms with Crippen LogP contribution in [0, 0.1) is 42.4 Å². The second-order valence-electron chi connectivity index (χ2n) is 9.44. The van der Waals surface area contributed by atoms with Crippen LogP contribution in [0.5, 0.6) is 0 Å². The number of ether oxygens (including phenoxy) is 2. The number of rotatable bonds is 1. The van der Waals surface area contributed by atoms with Crippen molar-refractivity contribution in [2.75, 3.05) is 13.2 Å². The fourth-order valence-electron chi connectivity index (χ4n) is 5.76. The summed E-state index contributed by atoms with van der Waals surface area (Å²) in [4.78, 5) is 10.8. The van der Waals surface area contributed by atoms with E-state index in [-0.39, 0.29) is 10.7 Å². The Bertz CT molecular complexity index is 881. The van der Waals surface area contributed by atoms with E-state index in [4.69, 9.17) is 14.0 Å². The summed E-state index contributed by atoms with van der Waals surface area (Å²) in [5.41, 5.74) is 0.956. The lowest BCUT2D eigenvalue weighted by atomic mass is 10.1. The zero-order valence-corrected chi connectivity index (χ0v) is 18.7. The molecule has 6 rings (SSSR count). The first-order valence-electron chi connectivity index (χ1n) is 11.0. The Morgan fingerprint density at radius 3 is 2.03 bits per heavy atom. The Kier molecular flexibility index (Phi) is 5.85. The average Bonchev–Trinajstić information content (AvgIpc) is 3.25. The predicted molar refractivity (Wildman–Crippen MR) is 111 cm³/mol. The summed E-state index contributed by atoms with van der Waals surface area (Å²) in [7, 11) is -4.02. The van der Waals surface area contributed by atoms with Gasteiger partial charge in [-0.2, -0.15) is 8.42 Å². The van der Waals surface area contributed by atoms with Crippen LogP contribution in [0.25, 0.3) is 0 Å². The Hall–Kier alpha value is -1.28. The summed E-state index contributed by atoms with van der Waals surface area (Å²) in [5.74, 6) is 5.01. The second kappa shape index (κ2) is 8.01. The predicted octanol–water partition coefficient (Wildman–Crippen LogP) is 3.88. The molecule has 1 aromatic rings. The topological polar surface area (TPSA) is 89.9 Å². The number of aryl methyl sites for hydroxylation is 1. The molecule has 6 atom stereocenters. The minimum atomic E-state index is -4.02. The first-order valence-corrected chi connectivity index (χ1v) is 12.4. The van der Waals surface area contributed by atoms with Gasteiger partial charge in [-0.3, -0.25) is 9.35 Å². The molecule has 0 unspecified atom stereocenters. The molecule has 5 aliphatic rings. The summed E-state index contributed by atoms with van der Waals surface area (Å²) in [6, 6.07) is 5.99. The van der Waals surface area contributed by atoms with Crippen LogP contribution in [0.4, 0.5) is 0 Å². The maximum Gasteiger partial charge on any atom is 0.294 e. The molecule has 1 saturated heterocycles. The molecule has 1 spiro atoms. The number of ketones is 1. The third-order valence-corrected chi connectivity index (χ3v) is 8.52. The molecule has 6 nitrogen and oxygen atoms in total. The number of carbonyl (C=O) groups is 1. The first kappa shape index (κ1) is 21.9. The van der Waals surface area contributed by atoms with E-state index in [1.54, 1.807) is 12.1 Å². The van der Waals surface area contributed by atoms with Crippen molar-refractivity contribution in [1.82, 2.24) is 0 Å². The number of Topliss-reactive ketones (excluding diaryl/α,β-unsaturated/α-hetero) is 1. The molecule has 5 fully saturated rings. The largest absolute Gasteiger partial charge is 0.347 e. The molecule has 0 amide bonds. The van der Waals surface area contributed by atoms with Crippen LogP contribution < -0.4 is 0 Å². The Labute approximate surface area is 179 Å². The van der Waals surface area contributed by atoms with Crippen molar-refractivity contribution in [3.8, 4) is 0 Å². The van der Waals surface area contributed by atoms with Gasteiger partial charge in [0.1, 0.15) is 5.78 Å². The van der Waals surface area contributed by atoms with E-state index in [0.29, 0.717) is 11.7 Å². The number of hydrogen-bond donors (Lipinski definition) is 1. The fourth-order valence-corrected chi connectivity index (χ4v) is 6.24. The van der Waals surface area contributed by atoms with Gasteiger partial charge >= 0.3 is 0 Å². The lowest BCUT2D eigenvalue weighted by Gasteiger charge is -2.24. The van der Waals surface area contributed by atoms with Gasteiger partial charge in [0, 0.05) is 24.7 Å². The van der Waals surface area contributed by atoms with Crippen LogP contribution in [-0.4, -0.2) is 37.8 Å². The number of carbonyl (C=O) groups excluding carboxylic acids is 1. The van der Waals surface area contributed by atoms with Gasteiger partial charge in [0.2, 0.25) is 0 Å². The summed E-state index contributed by atoms with van der Waals surface area (Å²) in [6.45, 7) is 7.98. The van der Waals surface area contributed by atoms with E-state index >= 15 is 0 Å². The summed E-state index contributed by atoms with van der Waals surface area (Å²) in [6.07, 6.45) is 4.53. The third-order valence-electron chi connectivity index (χ3n) is 7.65. The zero-order valence-electron chi connectivity index (χ0n) is 17.9. The van der Waals surface area contributed by atoms with Gasteiger partial charge in [0.15, 0.2) is 5.79 Å². The van der Waals surface area contributed by atoms with E-state index in [0.717, 1.165) is 61.2 Å². The van der Waals surface area contributed by atoms with E-state index in [9.17, 15) is 13.2 Å². The van der Waals surface area contributed by atoms with Crippen molar-refractivity contribution in [3.63, 3.8) is 0 Å². The zero-order chi connectivity index (χ0) is 21.7. The maximum atomic E-state index is 10.8. The standard InChI is InChI=1S/C9H14O2.C7H8O3S.C7H10O/c1-6-7-2-3-9(8(6)7)10-4-5-11-9;1-6-2-4-7(5-3-6)11(8,9)10;1-4-5-2-3-6(8)7(4)5/h6-8H,2-5H2,1H3;2-5H,1H3,(H,8,9,10);4-5,7H,2-3H2,1H3/t6-,7-,8+;;4-,5-,7+/m1.1/s1. The van der Waals surface area contributed by atoms with Gasteiger partial charge in [-0.1, -0.05) is 31.5 Å². The normalized spacial score (nSPS) is 36.9. The average molecular weight is 437 g/mol. The highest BCUT2D eigenvalue weighted by Gasteiger charge is 2.66. The number of hydrogen-bond acceptors (Lipinski definition) is 5. The minimum absolute atomic E-state index is 0.0666. The van der Waals surface area contributed by atoms with E-state index in [1.807, 2.05) is 6.92 Å². The molecule has 1 aromatic carbocycles. The van der Waals surface area contributed by atoms with Crippen LogP contribution >= 0.6 is 0 Å². The molecular weight excluding hydrogens is 404 g/mol. The van der Waals surface area contributed by atoms with E-state index in [1.165, 1.54) is 25.0 Å². The molecule has 4 aliphatic carbocycles. The smallest absolute Gasteiger partial charge is 0.294 e. The van der Waals surface area contributed by atoms with Gasteiger partial charge in [-0.05, 0) is 55.6 Å². The molecule has 166 valence electrons. The van der Waals surface area contributed by atoms with Crippen LogP contribution in [0.1, 0.15) is 45.1 Å². The molecule has 0 bridgehead atoms. The molecule has 4 saturated carbocycles. The molecule has 0 radical (unpaired) electrons. The number of fused-ring (bicyclic) bond motifs is 3. The molecule has 1 heterocycles. The van der Waals surface area contributed by atoms with Gasteiger partial charge in [-0.15, -0.1) is 0 Å². The van der Waals surface area contributed by atoms with Crippen molar-refractivity contribution in [2.45, 2.75) is 57.1 Å². The highest BCUT2D eigenvalue weighted by atomic mass is 32.2. The lowest BCUT2D eigenvalue weighted by molar-refractivity contribution is -0.170. The van der Waals surface area contributed by atoms with Crippen LogP contribution in [0.2, 0.25) is 0 Å². The Balaban J connectivity index is 0.000000110. The van der Waals surface area contributed by atoms with Gasteiger partial charge < -0.3 is 9.47 Å². The molecule has 1 N–H and O–H groups in total. The summed E-state index contributed by atoms with van der Waals surface area (Å²) < 4.78 is 41.0. The van der Waals surface area contributed by atoms with Crippen molar-refractivity contribution >= 4 is 15.9 Å². The van der Waals surface area contributed by atoms with Gasteiger partial charge in [0.25, 0.3) is 10.1 Å². The Morgan fingerprint density at radius 1 is 1.00 bits per heavy atom. The van der Waals surface area contributed by atoms with Crippen molar-refractivity contribution < 1.29 is 27.2 Å². The van der Waals surface area contributed by atoms with E-state index in [2.05, 4.69) is 13.8 Å². The SMILES string of the molecule is C[C@@H]1[C@H]2CCC(=O)[C@@H]12.C[C@@H]1[C@H]2CCC3(OCCO3)[C@@H]12.Cc1ccc(S(=O)(=O)O)cc1. The molecule has 1 aliphatic heterocycles. The van der Waals surface area contributed by atoms with Crippen LogP contribution in [0.3, 0.4) is 0 Å². The quantitative estimate of drug-likeness (QED) is 0.672. The van der Waals surface area contributed by atoms with Gasteiger partial charge in [-0.25, -0.2) is 0 Å². The first-order chi connectivity index (χ1) is 14.1. The molecule has 30 heavy (non-hydrogen) atoms. The van der Waals surface area contributed by atoms with Crippen LogP contribution in [-0.2, 0) is 24.4 Å². The second-order valence-corrected chi connectivity index (χ2v) is 10.9.